The highest BCUT2D eigenvalue weighted by atomic mass is 19.4. The molecule has 1 amide bonds. The predicted octanol–water partition coefficient (Wildman–Crippen LogP) is 4.76. The van der Waals surface area contributed by atoms with Gasteiger partial charge in [0.2, 0.25) is 5.91 Å². The molecule has 4 rings (SSSR count). The van der Waals surface area contributed by atoms with Crippen LogP contribution in [0.4, 0.5) is 18.9 Å². The van der Waals surface area contributed by atoms with Crippen LogP contribution in [0.5, 0.6) is 0 Å². The van der Waals surface area contributed by atoms with Gasteiger partial charge in [-0.2, -0.15) is 13.2 Å². The van der Waals surface area contributed by atoms with Crippen LogP contribution >= 0.6 is 0 Å². The van der Waals surface area contributed by atoms with Gasteiger partial charge in [-0.3, -0.25) is 4.79 Å². The molecule has 2 aromatic carbocycles. The third kappa shape index (κ3) is 3.17. The molecule has 0 unspecified atom stereocenters. The lowest BCUT2D eigenvalue weighted by Crippen LogP contribution is -2.25. The van der Waals surface area contributed by atoms with E-state index in [4.69, 9.17) is 0 Å². The molecular weight excluding hydrogens is 367 g/mol. The highest BCUT2D eigenvalue weighted by Gasteiger charge is 2.36. The number of benzene rings is 2. The molecule has 1 aliphatic rings. The molecule has 4 nitrogen and oxygen atoms in total. The van der Waals surface area contributed by atoms with Gasteiger partial charge in [0, 0.05) is 31.1 Å². The summed E-state index contributed by atoms with van der Waals surface area (Å²) in [5.74, 6) is 0.347. The van der Waals surface area contributed by atoms with Crippen LogP contribution in [0, 0.1) is 0 Å². The number of hydrogen-bond acceptors (Lipinski definition) is 2. The van der Waals surface area contributed by atoms with E-state index in [1.165, 1.54) is 17.0 Å². The zero-order valence-electron chi connectivity index (χ0n) is 15.0. The van der Waals surface area contributed by atoms with E-state index >= 15 is 0 Å². The van der Waals surface area contributed by atoms with Gasteiger partial charge in [-0.1, -0.05) is 24.3 Å². The molecular formula is C21H18F3N3O. The molecule has 7 heteroatoms. The largest absolute Gasteiger partial charge is 0.416 e. The van der Waals surface area contributed by atoms with Gasteiger partial charge in [-0.05, 0) is 30.3 Å². The minimum absolute atomic E-state index is 0.200. The molecule has 0 bridgehead atoms. The van der Waals surface area contributed by atoms with Crippen LogP contribution in [-0.4, -0.2) is 22.0 Å². The zero-order valence-corrected chi connectivity index (χ0v) is 15.0. The highest BCUT2D eigenvalue weighted by molar-refractivity contribution is 5.96. The van der Waals surface area contributed by atoms with Gasteiger partial charge in [0.25, 0.3) is 0 Å². The Hall–Kier alpha value is -3.09. The second kappa shape index (κ2) is 6.82. The molecule has 0 radical (unpaired) electrons. The average molecular weight is 385 g/mol. The first-order chi connectivity index (χ1) is 13.4. The minimum atomic E-state index is -4.45. The summed E-state index contributed by atoms with van der Waals surface area (Å²) in [6.45, 7) is 4.63. The second-order valence-electron chi connectivity index (χ2n) is 6.81. The van der Waals surface area contributed by atoms with Crippen molar-refractivity contribution >= 4 is 22.6 Å². The number of amides is 1. The molecule has 1 aromatic heterocycles. The van der Waals surface area contributed by atoms with E-state index in [1.807, 2.05) is 28.8 Å². The van der Waals surface area contributed by atoms with Crippen LogP contribution < -0.4 is 4.90 Å². The lowest BCUT2D eigenvalue weighted by atomic mass is 10.1. The van der Waals surface area contributed by atoms with Gasteiger partial charge >= 0.3 is 6.18 Å². The van der Waals surface area contributed by atoms with Crippen molar-refractivity contribution in [2.45, 2.75) is 25.1 Å². The third-order valence-electron chi connectivity index (χ3n) is 4.97. The van der Waals surface area contributed by atoms with Gasteiger partial charge < -0.3 is 9.47 Å². The van der Waals surface area contributed by atoms with Crippen molar-refractivity contribution in [2.75, 3.05) is 11.4 Å². The summed E-state index contributed by atoms with van der Waals surface area (Å²) in [5, 5.41) is 0. The summed E-state index contributed by atoms with van der Waals surface area (Å²) in [4.78, 5) is 18.7. The summed E-state index contributed by atoms with van der Waals surface area (Å²) in [6.07, 6.45) is -2.48. The number of halogens is 3. The maximum absolute atomic E-state index is 13.0. The van der Waals surface area contributed by atoms with E-state index < -0.39 is 11.7 Å². The maximum atomic E-state index is 13.0. The molecule has 0 N–H and O–H groups in total. The number of rotatable bonds is 4. The molecule has 28 heavy (non-hydrogen) atoms. The molecule has 0 spiro atoms. The molecule has 1 atom stereocenters. The highest BCUT2D eigenvalue weighted by Crippen LogP contribution is 2.36. The predicted molar refractivity (Wildman–Crippen MR) is 101 cm³/mol. The Morgan fingerprint density at radius 1 is 1.18 bits per heavy atom. The summed E-state index contributed by atoms with van der Waals surface area (Å²) < 4.78 is 41.1. The first-order valence-corrected chi connectivity index (χ1v) is 8.92. The number of para-hydroxylation sites is 2. The van der Waals surface area contributed by atoms with Crippen LogP contribution in [0.25, 0.3) is 11.0 Å². The van der Waals surface area contributed by atoms with Gasteiger partial charge in [0.05, 0.1) is 16.6 Å². The lowest BCUT2D eigenvalue weighted by Gasteiger charge is -2.18. The number of fused-ring (bicyclic) bond motifs is 1. The number of hydrogen-bond donors (Lipinski definition) is 0. The van der Waals surface area contributed by atoms with Gasteiger partial charge in [0.15, 0.2) is 0 Å². The number of aromatic nitrogens is 2. The fourth-order valence-electron chi connectivity index (χ4n) is 3.71. The number of carbonyl (C=O) groups excluding carboxylic acids is 1. The topological polar surface area (TPSA) is 38.1 Å². The van der Waals surface area contributed by atoms with Crippen molar-refractivity contribution in [1.82, 2.24) is 9.55 Å². The Morgan fingerprint density at radius 3 is 2.71 bits per heavy atom. The number of allylic oxidation sites excluding steroid dienone is 1. The summed E-state index contributed by atoms with van der Waals surface area (Å²) in [6, 6.07) is 12.6. The van der Waals surface area contributed by atoms with Crippen LogP contribution in [0.3, 0.4) is 0 Å². The SMILES string of the molecule is C=CCn1c([C@H]2CC(=O)N(c3cccc(C(F)(F)F)c3)C2)nc2ccccc21. The Labute approximate surface area is 159 Å². The second-order valence-corrected chi connectivity index (χ2v) is 6.81. The summed E-state index contributed by atoms with van der Waals surface area (Å²) in [7, 11) is 0. The van der Waals surface area contributed by atoms with E-state index in [2.05, 4.69) is 11.6 Å². The van der Waals surface area contributed by atoms with Crippen molar-refractivity contribution in [3.8, 4) is 0 Å². The lowest BCUT2D eigenvalue weighted by molar-refractivity contribution is -0.137. The number of carbonyl (C=O) groups is 1. The Kier molecular flexibility index (Phi) is 4.45. The first-order valence-electron chi connectivity index (χ1n) is 8.92. The average Bonchev–Trinajstić information content (AvgIpc) is 3.22. The molecule has 1 saturated heterocycles. The monoisotopic (exact) mass is 385 g/mol. The van der Waals surface area contributed by atoms with Crippen molar-refractivity contribution in [3.05, 3.63) is 72.6 Å². The first kappa shape index (κ1) is 18.3. The van der Waals surface area contributed by atoms with E-state index in [-0.39, 0.29) is 23.9 Å². The fourth-order valence-corrected chi connectivity index (χ4v) is 3.71. The molecule has 0 saturated carbocycles. The van der Waals surface area contributed by atoms with Gasteiger partial charge in [-0.15, -0.1) is 6.58 Å². The molecule has 1 fully saturated rings. The van der Waals surface area contributed by atoms with E-state index in [0.717, 1.165) is 29.0 Å². The van der Waals surface area contributed by atoms with Crippen LogP contribution in [0.2, 0.25) is 0 Å². The van der Waals surface area contributed by atoms with Crippen molar-refractivity contribution in [1.29, 1.82) is 0 Å². The summed E-state index contributed by atoms with van der Waals surface area (Å²) in [5.41, 5.74) is 1.26. The van der Waals surface area contributed by atoms with Crippen LogP contribution in [0.1, 0.15) is 23.7 Å². The normalized spacial score (nSPS) is 17.5. The molecule has 144 valence electrons. The number of anilines is 1. The zero-order chi connectivity index (χ0) is 19.9. The Morgan fingerprint density at radius 2 is 1.96 bits per heavy atom. The minimum Gasteiger partial charge on any atom is -0.324 e. The van der Waals surface area contributed by atoms with E-state index in [9.17, 15) is 18.0 Å². The molecule has 3 aromatic rings. The molecule has 2 heterocycles. The van der Waals surface area contributed by atoms with Crippen molar-refractivity contribution < 1.29 is 18.0 Å². The maximum Gasteiger partial charge on any atom is 0.416 e. The van der Waals surface area contributed by atoms with E-state index in [0.29, 0.717) is 13.1 Å². The van der Waals surface area contributed by atoms with Crippen molar-refractivity contribution in [3.63, 3.8) is 0 Å². The van der Waals surface area contributed by atoms with Crippen molar-refractivity contribution in [2.24, 2.45) is 0 Å². The van der Waals surface area contributed by atoms with Crippen LogP contribution in [0.15, 0.2) is 61.2 Å². The summed E-state index contributed by atoms with van der Waals surface area (Å²) >= 11 is 0. The fraction of sp³-hybridized carbons (Fsp3) is 0.238. The number of alkyl halides is 3. The molecule has 0 aliphatic carbocycles. The van der Waals surface area contributed by atoms with E-state index in [1.54, 1.807) is 6.08 Å². The third-order valence-corrected chi connectivity index (χ3v) is 4.97. The standard InChI is InChI=1S/C21H18F3N3O/c1-2-10-26-18-9-4-3-8-17(18)25-20(26)14-11-19(28)27(13-14)16-7-5-6-15(12-16)21(22,23)24/h2-9,12,14H,1,10-11,13H2/t14-/m0/s1. The Bertz CT molecular complexity index is 1050. The van der Waals surface area contributed by atoms with Gasteiger partial charge in [0.1, 0.15) is 5.82 Å². The van der Waals surface area contributed by atoms with Gasteiger partial charge in [-0.25, -0.2) is 4.98 Å². The quantitative estimate of drug-likeness (QED) is 0.607. The smallest absolute Gasteiger partial charge is 0.324 e. The number of imidazole rings is 1. The Balaban J connectivity index is 1.69. The van der Waals surface area contributed by atoms with Crippen LogP contribution in [-0.2, 0) is 17.5 Å². The number of nitrogens with zero attached hydrogens (tertiary/aromatic N) is 3. The molecule has 1 aliphatic heterocycles.